The molecule has 3 nitrogen and oxygen atoms in total. The van der Waals surface area contributed by atoms with Crippen molar-refractivity contribution >= 4 is 21.6 Å². The fourth-order valence-corrected chi connectivity index (χ4v) is 3.03. The Morgan fingerprint density at radius 1 is 1.42 bits per heavy atom. The van der Waals surface area contributed by atoms with E-state index in [-0.39, 0.29) is 6.10 Å². The quantitative estimate of drug-likeness (QED) is 0.843. The van der Waals surface area contributed by atoms with Crippen LogP contribution in [-0.4, -0.2) is 31.3 Å². The van der Waals surface area contributed by atoms with Crippen LogP contribution in [0.15, 0.2) is 22.7 Å². The van der Waals surface area contributed by atoms with E-state index < -0.39 is 0 Å². The minimum absolute atomic E-state index is 0.0624. The van der Waals surface area contributed by atoms with Gasteiger partial charge < -0.3 is 15.3 Å². The Balaban J connectivity index is 1.94. The predicted octanol–water partition coefficient (Wildman–Crippen LogP) is 2.77. The maximum absolute atomic E-state index is 9.33. The van der Waals surface area contributed by atoms with Crippen LogP contribution in [0, 0.1) is 5.92 Å². The molecule has 1 aromatic rings. The fraction of sp³-hybridized carbons (Fsp3) is 0.600. The highest BCUT2D eigenvalue weighted by molar-refractivity contribution is 9.10. The standard InChI is InChI=1S/C15H23BrN2O/c1-3-17-9-12-4-5-13(8-15(12)16)18(2)10-11-6-14(19)7-11/h4-5,8,11,14,17,19H,3,6-7,9-10H2,1-2H3. The number of nitrogens with one attached hydrogen (secondary N) is 1. The lowest BCUT2D eigenvalue weighted by atomic mass is 9.82. The number of rotatable bonds is 6. The lowest BCUT2D eigenvalue weighted by Gasteiger charge is -2.35. The number of hydrogen-bond acceptors (Lipinski definition) is 3. The van der Waals surface area contributed by atoms with E-state index in [2.05, 4.69) is 58.3 Å². The van der Waals surface area contributed by atoms with E-state index in [1.807, 2.05) is 0 Å². The van der Waals surface area contributed by atoms with Gasteiger partial charge in [0, 0.05) is 30.3 Å². The summed E-state index contributed by atoms with van der Waals surface area (Å²) in [5.41, 5.74) is 2.52. The van der Waals surface area contributed by atoms with Crippen LogP contribution in [0.25, 0.3) is 0 Å². The topological polar surface area (TPSA) is 35.5 Å². The van der Waals surface area contributed by atoms with Gasteiger partial charge in [-0.2, -0.15) is 0 Å². The third-order valence-corrected chi connectivity index (χ3v) is 4.52. The van der Waals surface area contributed by atoms with E-state index in [1.54, 1.807) is 0 Å². The largest absolute Gasteiger partial charge is 0.393 e. The second-order valence-corrected chi connectivity index (χ2v) is 6.28. The Bertz CT molecular complexity index is 419. The van der Waals surface area contributed by atoms with Crippen molar-refractivity contribution in [2.75, 3.05) is 25.0 Å². The van der Waals surface area contributed by atoms with E-state index in [0.717, 1.165) is 36.9 Å². The molecule has 0 spiro atoms. The Morgan fingerprint density at radius 2 is 2.16 bits per heavy atom. The van der Waals surface area contributed by atoms with Gasteiger partial charge in [0.2, 0.25) is 0 Å². The van der Waals surface area contributed by atoms with Crippen LogP contribution in [-0.2, 0) is 6.54 Å². The van der Waals surface area contributed by atoms with Gasteiger partial charge in [-0.25, -0.2) is 0 Å². The molecule has 2 N–H and O–H groups in total. The van der Waals surface area contributed by atoms with Crippen molar-refractivity contribution in [1.82, 2.24) is 5.32 Å². The summed E-state index contributed by atoms with van der Waals surface area (Å²) < 4.78 is 1.16. The van der Waals surface area contributed by atoms with Crippen molar-refractivity contribution in [2.24, 2.45) is 5.92 Å². The molecular weight excluding hydrogens is 304 g/mol. The molecule has 0 aromatic heterocycles. The van der Waals surface area contributed by atoms with Gasteiger partial charge >= 0.3 is 0 Å². The summed E-state index contributed by atoms with van der Waals surface area (Å²) in [4.78, 5) is 2.28. The second kappa shape index (κ2) is 6.73. The highest BCUT2D eigenvalue weighted by atomic mass is 79.9. The maximum atomic E-state index is 9.33. The van der Waals surface area contributed by atoms with Crippen LogP contribution in [0.1, 0.15) is 25.3 Å². The van der Waals surface area contributed by atoms with E-state index in [4.69, 9.17) is 0 Å². The van der Waals surface area contributed by atoms with Gasteiger partial charge in [-0.15, -0.1) is 0 Å². The normalized spacial score (nSPS) is 22.1. The molecule has 106 valence electrons. The number of hydrogen-bond donors (Lipinski definition) is 2. The van der Waals surface area contributed by atoms with E-state index in [1.165, 1.54) is 11.3 Å². The fourth-order valence-electron chi connectivity index (χ4n) is 2.52. The molecule has 4 heteroatoms. The van der Waals surface area contributed by atoms with Crippen LogP contribution in [0.3, 0.4) is 0 Å². The van der Waals surface area contributed by atoms with Crippen LogP contribution in [0.5, 0.6) is 0 Å². The predicted molar refractivity (Wildman–Crippen MR) is 83.5 cm³/mol. The third-order valence-electron chi connectivity index (χ3n) is 3.79. The third kappa shape index (κ3) is 3.94. The van der Waals surface area contributed by atoms with Crippen LogP contribution < -0.4 is 10.2 Å². The summed E-state index contributed by atoms with van der Waals surface area (Å²) >= 11 is 3.65. The lowest BCUT2D eigenvalue weighted by molar-refractivity contribution is 0.0465. The van der Waals surface area contributed by atoms with Crippen molar-refractivity contribution in [1.29, 1.82) is 0 Å². The van der Waals surface area contributed by atoms with Crippen molar-refractivity contribution in [3.8, 4) is 0 Å². The van der Waals surface area contributed by atoms with Crippen molar-refractivity contribution in [3.63, 3.8) is 0 Å². The molecule has 1 fully saturated rings. The molecule has 0 saturated heterocycles. The zero-order chi connectivity index (χ0) is 13.8. The van der Waals surface area contributed by atoms with Gasteiger partial charge in [0.15, 0.2) is 0 Å². The highest BCUT2D eigenvalue weighted by Gasteiger charge is 2.28. The zero-order valence-electron chi connectivity index (χ0n) is 11.7. The Morgan fingerprint density at radius 3 is 2.74 bits per heavy atom. The molecule has 0 amide bonds. The van der Waals surface area contributed by atoms with Crippen LogP contribution in [0.2, 0.25) is 0 Å². The van der Waals surface area contributed by atoms with Gasteiger partial charge in [-0.1, -0.05) is 28.9 Å². The molecule has 1 aromatic carbocycles. The summed E-state index contributed by atoms with van der Waals surface area (Å²) in [6.45, 7) is 5.02. The second-order valence-electron chi connectivity index (χ2n) is 5.43. The first kappa shape index (κ1) is 14.8. The summed E-state index contributed by atoms with van der Waals surface area (Å²) in [6, 6.07) is 6.53. The van der Waals surface area contributed by atoms with E-state index in [0.29, 0.717) is 5.92 Å². The minimum atomic E-state index is -0.0624. The zero-order valence-corrected chi connectivity index (χ0v) is 13.3. The molecule has 1 saturated carbocycles. The minimum Gasteiger partial charge on any atom is -0.393 e. The van der Waals surface area contributed by atoms with Crippen LogP contribution in [0.4, 0.5) is 5.69 Å². The molecule has 1 aliphatic rings. The molecule has 1 aliphatic carbocycles. The van der Waals surface area contributed by atoms with Gasteiger partial charge in [0.25, 0.3) is 0 Å². The number of benzene rings is 1. The smallest absolute Gasteiger partial charge is 0.0546 e. The monoisotopic (exact) mass is 326 g/mol. The summed E-state index contributed by atoms with van der Waals surface area (Å²) in [7, 11) is 2.12. The highest BCUT2D eigenvalue weighted by Crippen LogP contribution is 2.30. The Labute approximate surface area is 124 Å². The van der Waals surface area contributed by atoms with Gasteiger partial charge in [-0.05, 0) is 43.0 Å². The number of anilines is 1. The van der Waals surface area contributed by atoms with Crippen molar-refractivity contribution in [3.05, 3.63) is 28.2 Å². The molecule has 19 heavy (non-hydrogen) atoms. The lowest BCUT2D eigenvalue weighted by Crippen LogP contribution is -2.37. The molecule has 0 heterocycles. The number of halogens is 1. The first-order chi connectivity index (χ1) is 9.10. The average Bonchev–Trinajstić information content (AvgIpc) is 2.35. The van der Waals surface area contributed by atoms with E-state index in [9.17, 15) is 5.11 Å². The molecule has 2 rings (SSSR count). The Kier molecular flexibility index (Phi) is 5.25. The molecule has 0 atom stereocenters. The maximum Gasteiger partial charge on any atom is 0.0546 e. The molecule has 0 radical (unpaired) electrons. The first-order valence-electron chi connectivity index (χ1n) is 6.98. The number of aliphatic hydroxyl groups is 1. The van der Waals surface area contributed by atoms with Crippen molar-refractivity contribution in [2.45, 2.75) is 32.4 Å². The van der Waals surface area contributed by atoms with Crippen molar-refractivity contribution < 1.29 is 5.11 Å². The number of aliphatic hydroxyl groups excluding tert-OH is 1. The van der Waals surface area contributed by atoms with Gasteiger partial charge in [0.1, 0.15) is 0 Å². The van der Waals surface area contributed by atoms with Crippen LogP contribution >= 0.6 is 15.9 Å². The summed E-state index contributed by atoms with van der Waals surface area (Å²) in [5.74, 6) is 0.639. The van der Waals surface area contributed by atoms with Gasteiger partial charge in [-0.3, -0.25) is 0 Å². The van der Waals surface area contributed by atoms with Gasteiger partial charge in [0.05, 0.1) is 6.10 Å². The first-order valence-corrected chi connectivity index (χ1v) is 7.77. The molecule has 0 unspecified atom stereocenters. The summed E-state index contributed by atoms with van der Waals surface area (Å²) in [5, 5.41) is 12.7. The molecule has 0 aliphatic heterocycles. The number of nitrogens with zero attached hydrogens (tertiary/aromatic N) is 1. The molecular formula is C15H23BrN2O. The Hall–Kier alpha value is -0.580. The van der Waals surface area contributed by atoms with E-state index >= 15 is 0 Å². The average molecular weight is 327 g/mol. The summed E-state index contributed by atoms with van der Waals surface area (Å²) in [6.07, 6.45) is 1.83. The SMILES string of the molecule is CCNCc1ccc(N(C)CC2CC(O)C2)cc1Br. The molecule has 0 bridgehead atoms.